The van der Waals surface area contributed by atoms with Gasteiger partial charge in [0.25, 0.3) is 5.91 Å². The fourth-order valence-electron chi connectivity index (χ4n) is 1.46. The van der Waals surface area contributed by atoms with E-state index in [2.05, 4.69) is 5.32 Å². The van der Waals surface area contributed by atoms with Crippen LogP contribution in [0.1, 0.15) is 24.9 Å². The molecule has 0 saturated carbocycles. The Morgan fingerprint density at radius 3 is 3.00 bits per heavy atom. The summed E-state index contributed by atoms with van der Waals surface area (Å²) < 4.78 is 5.41. The lowest BCUT2D eigenvalue weighted by Gasteiger charge is -2.14. The maximum absolute atomic E-state index is 11.4. The minimum atomic E-state index is -0.277. The number of ether oxygens (including phenoxy) is 1. The van der Waals surface area contributed by atoms with Gasteiger partial charge in [0.05, 0.1) is 12.5 Å². The highest BCUT2D eigenvalue weighted by molar-refractivity contribution is 6.30. The fraction of sp³-hybridized carbons (Fsp3) is 0.385. The number of benzene rings is 1. The number of rotatable bonds is 6. The van der Waals surface area contributed by atoms with Crippen LogP contribution in [0.5, 0.6) is 5.75 Å². The van der Waals surface area contributed by atoms with Crippen LogP contribution in [0.25, 0.3) is 0 Å². The minimum absolute atomic E-state index is 0.118. The number of nitrogens with two attached hydrogens (primary N) is 1. The van der Waals surface area contributed by atoms with E-state index in [0.717, 1.165) is 5.56 Å². The maximum atomic E-state index is 11.4. The number of carbonyl (C=O) groups excluding carboxylic acids is 1. The first-order valence-corrected chi connectivity index (χ1v) is 6.24. The summed E-state index contributed by atoms with van der Waals surface area (Å²) in [4.78, 5) is 11.4. The van der Waals surface area contributed by atoms with Gasteiger partial charge in [0, 0.05) is 23.2 Å². The molecule has 0 bridgehead atoms. The normalized spacial score (nSPS) is 11.5. The second-order valence-corrected chi connectivity index (χ2v) is 4.45. The highest BCUT2D eigenvalue weighted by Crippen LogP contribution is 2.27. The summed E-state index contributed by atoms with van der Waals surface area (Å²) in [6.45, 7) is 2.01. The summed E-state index contributed by atoms with van der Waals surface area (Å²) in [7, 11) is 0. The molecule has 0 aromatic heterocycles. The lowest BCUT2D eigenvalue weighted by Crippen LogP contribution is -2.29. The maximum Gasteiger partial charge on any atom is 0.257 e. The predicted molar refractivity (Wildman–Crippen MR) is 72.8 cm³/mol. The topological polar surface area (TPSA) is 88.1 Å². The largest absolute Gasteiger partial charge is 0.483 e. The highest BCUT2D eigenvalue weighted by Gasteiger charge is 2.10. The monoisotopic (exact) mass is 281 g/mol. The molecule has 1 atom stereocenters. The standard InChI is InChI=1S/C13H16ClN3O2/c1-9(16)11-7-10(14)3-4-12(11)19-8-13(18)17-6-2-5-15/h3-4,7,9H,2,6,8,16H2,1H3,(H,17,18)/t9-/m0/s1. The zero-order chi connectivity index (χ0) is 14.3. The van der Waals surface area contributed by atoms with Crippen LogP contribution >= 0.6 is 11.6 Å². The smallest absolute Gasteiger partial charge is 0.257 e. The zero-order valence-electron chi connectivity index (χ0n) is 10.6. The molecule has 19 heavy (non-hydrogen) atoms. The van der Waals surface area contributed by atoms with Crippen molar-refractivity contribution in [1.29, 1.82) is 5.26 Å². The van der Waals surface area contributed by atoms with Gasteiger partial charge in [-0.25, -0.2) is 0 Å². The Kier molecular flexibility index (Phi) is 6.13. The summed E-state index contributed by atoms with van der Waals surface area (Å²) in [5.74, 6) is 0.260. The molecule has 0 aliphatic rings. The predicted octanol–water partition coefficient (Wildman–Crippen LogP) is 1.77. The van der Waals surface area contributed by atoms with Gasteiger partial charge in [-0.05, 0) is 25.1 Å². The van der Waals surface area contributed by atoms with E-state index in [-0.39, 0.29) is 25.0 Å². The Bertz CT molecular complexity index is 483. The number of nitriles is 1. The van der Waals surface area contributed by atoms with Crippen molar-refractivity contribution < 1.29 is 9.53 Å². The van der Waals surface area contributed by atoms with Crippen LogP contribution in [0.4, 0.5) is 0 Å². The molecule has 0 spiro atoms. The lowest BCUT2D eigenvalue weighted by atomic mass is 10.1. The van der Waals surface area contributed by atoms with Gasteiger partial charge in [0.1, 0.15) is 5.75 Å². The second kappa shape index (κ2) is 7.62. The SMILES string of the molecule is C[C@H](N)c1cc(Cl)ccc1OCC(=O)NCCC#N. The Morgan fingerprint density at radius 1 is 1.63 bits per heavy atom. The zero-order valence-corrected chi connectivity index (χ0v) is 11.4. The van der Waals surface area contributed by atoms with E-state index in [1.54, 1.807) is 18.2 Å². The van der Waals surface area contributed by atoms with Crippen molar-refractivity contribution >= 4 is 17.5 Å². The molecule has 0 heterocycles. The van der Waals surface area contributed by atoms with Crippen LogP contribution < -0.4 is 15.8 Å². The van der Waals surface area contributed by atoms with Gasteiger partial charge in [-0.1, -0.05) is 11.6 Å². The van der Waals surface area contributed by atoms with E-state index in [9.17, 15) is 4.79 Å². The molecule has 5 nitrogen and oxygen atoms in total. The number of halogens is 1. The first-order chi connectivity index (χ1) is 9.04. The third kappa shape index (κ3) is 5.16. The average molecular weight is 282 g/mol. The molecule has 1 aromatic rings. The Hall–Kier alpha value is -1.77. The van der Waals surface area contributed by atoms with Crippen LogP contribution in [0, 0.1) is 11.3 Å². The first-order valence-electron chi connectivity index (χ1n) is 5.86. The Labute approximate surface area is 117 Å². The van der Waals surface area contributed by atoms with E-state index >= 15 is 0 Å². The van der Waals surface area contributed by atoms with Gasteiger partial charge in [0.2, 0.25) is 0 Å². The van der Waals surface area contributed by atoms with Crippen molar-refractivity contribution in [1.82, 2.24) is 5.32 Å². The molecule has 0 aliphatic heterocycles. The van der Waals surface area contributed by atoms with Crippen molar-refractivity contribution in [2.24, 2.45) is 5.73 Å². The van der Waals surface area contributed by atoms with E-state index in [0.29, 0.717) is 17.3 Å². The van der Waals surface area contributed by atoms with Gasteiger partial charge in [0.15, 0.2) is 6.61 Å². The van der Waals surface area contributed by atoms with Crippen molar-refractivity contribution in [2.45, 2.75) is 19.4 Å². The molecule has 3 N–H and O–H groups in total. The molecule has 0 aliphatic carbocycles. The van der Waals surface area contributed by atoms with Crippen molar-refractivity contribution in [3.05, 3.63) is 28.8 Å². The summed E-state index contributed by atoms with van der Waals surface area (Å²) in [5.41, 5.74) is 6.56. The molecule has 1 rings (SSSR count). The third-order valence-electron chi connectivity index (χ3n) is 2.38. The van der Waals surface area contributed by atoms with E-state index in [1.807, 2.05) is 13.0 Å². The Balaban J connectivity index is 2.58. The Morgan fingerprint density at radius 2 is 2.37 bits per heavy atom. The average Bonchev–Trinajstić information content (AvgIpc) is 2.37. The van der Waals surface area contributed by atoms with Crippen molar-refractivity contribution in [3.63, 3.8) is 0 Å². The number of hydrogen-bond acceptors (Lipinski definition) is 4. The van der Waals surface area contributed by atoms with Gasteiger partial charge in [-0.3, -0.25) is 4.79 Å². The van der Waals surface area contributed by atoms with Crippen molar-refractivity contribution in [2.75, 3.05) is 13.2 Å². The minimum Gasteiger partial charge on any atom is -0.483 e. The van der Waals surface area contributed by atoms with Gasteiger partial charge in [-0.2, -0.15) is 5.26 Å². The molecular weight excluding hydrogens is 266 g/mol. The molecule has 102 valence electrons. The number of amides is 1. The molecule has 0 saturated heterocycles. The summed E-state index contributed by atoms with van der Waals surface area (Å²) >= 11 is 5.89. The third-order valence-corrected chi connectivity index (χ3v) is 2.62. The summed E-state index contributed by atoms with van der Waals surface area (Å²) in [5, 5.41) is 11.5. The molecular formula is C13H16ClN3O2. The number of carbonyl (C=O) groups is 1. The number of nitrogens with one attached hydrogen (secondary N) is 1. The van der Waals surface area contributed by atoms with E-state index < -0.39 is 0 Å². The molecule has 0 fully saturated rings. The quantitative estimate of drug-likeness (QED) is 0.778. The van der Waals surface area contributed by atoms with Crippen molar-refractivity contribution in [3.8, 4) is 11.8 Å². The molecule has 0 radical (unpaired) electrons. The van der Waals surface area contributed by atoms with Gasteiger partial charge < -0.3 is 15.8 Å². The van der Waals surface area contributed by atoms with E-state index in [1.165, 1.54) is 0 Å². The highest BCUT2D eigenvalue weighted by atomic mass is 35.5. The molecule has 1 aromatic carbocycles. The van der Waals surface area contributed by atoms with Gasteiger partial charge >= 0.3 is 0 Å². The number of hydrogen-bond donors (Lipinski definition) is 2. The molecule has 1 amide bonds. The summed E-state index contributed by atoms with van der Waals surface area (Å²) in [6.07, 6.45) is 0.276. The molecule has 6 heteroatoms. The van der Waals surface area contributed by atoms with Crippen LogP contribution in [0.3, 0.4) is 0 Å². The second-order valence-electron chi connectivity index (χ2n) is 4.02. The number of nitrogens with zero attached hydrogens (tertiary/aromatic N) is 1. The summed E-state index contributed by atoms with van der Waals surface area (Å²) in [6, 6.07) is 6.78. The molecule has 0 unspecified atom stereocenters. The van der Waals surface area contributed by atoms with Crippen LogP contribution in [0.2, 0.25) is 5.02 Å². The van der Waals surface area contributed by atoms with Crippen LogP contribution in [-0.2, 0) is 4.79 Å². The lowest BCUT2D eigenvalue weighted by molar-refractivity contribution is -0.123. The fourth-order valence-corrected chi connectivity index (χ4v) is 1.64. The first kappa shape index (κ1) is 15.3. The van der Waals surface area contributed by atoms with Gasteiger partial charge in [-0.15, -0.1) is 0 Å². The van der Waals surface area contributed by atoms with E-state index in [4.69, 9.17) is 27.3 Å². The van der Waals surface area contributed by atoms with Crippen LogP contribution in [-0.4, -0.2) is 19.1 Å². The van der Waals surface area contributed by atoms with Crippen LogP contribution in [0.15, 0.2) is 18.2 Å².